The van der Waals surface area contributed by atoms with Gasteiger partial charge in [0, 0.05) is 37.5 Å². The number of aromatic nitrogens is 3. The molecule has 0 saturated heterocycles. The summed E-state index contributed by atoms with van der Waals surface area (Å²) in [5.74, 6) is 1.28. The van der Waals surface area contributed by atoms with Crippen LogP contribution in [0.4, 0.5) is 0 Å². The van der Waals surface area contributed by atoms with Crippen molar-refractivity contribution in [1.82, 2.24) is 19.4 Å². The molecule has 0 amide bonds. The van der Waals surface area contributed by atoms with Gasteiger partial charge in [-0.3, -0.25) is 14.9 Å². The number of nitrogens with zero attached hydrogens (tertiary/aromatic N) is 3. The number of ether oxygens (including phenoxy) is 1. The SMILES string of the molecule is Cc1cc(-c2nc3ccc(CN[C@H](C(=O)OCC(C)C)[C@@H](C)O)cc3n2CC2CC2)cn(C)c1=O. The lowest BCUT2D eigenvalue weighted by molar-refractivity contribution is -0.150. The number of carbonyl (C=O) groups excluding carboxylic acids is 1. The number of benzene rings is 1. The molecule has 2 aromatic heterocycles. The molecule has 2 heterocycles. The molecule has 3 aromatic rings. The van der Waals surface area contributed by atoms with E-state index in [1.165, 1.54) is 12.8 Å². The van der Waals surface area contributed by atoms with Crippen LogP contribution in [-0.2, 0) is 29.7 Å². The molecule has 4 rings (SSSR count). The van der Waals surface area contributed by atoms with E-state index >= 15 is 0 Å². The van der Waals surface area contributed by atoms with Gasteiger partial charge < -0.3 is 19.0 Å². The molecule has 1 fully saturated rings. The number of aryl methyl sites for hydroxylation is 2. The molecule has 0 spiro atoms. The number of pyridine rings is 1. The molecule has 1 aliphatic carbocycles. The van der Waals surface area contributed by atoms with Gasteiger partial charge in [0.05, 0.1) is 23.7 Å². The fraction of sp³-hybridized carbons (Fsp3) is 0.519. The van der Waals surface area contributed by atoms with Gasteiger partial charge in [0.2, 0.25) is 0 Å². The second kappa shape index (κ2) is 10.3. The molecule has 1 saturated carbocycles. The molecule has 0 bridgehead atoms. The Hall–Kier alpha value is -2.97. The Morgan fingerprint density at radius 2 is 2.00 bits per heavy atom. The number of aliphatic hydroxyl groups is 1. The molecule has 0 aliphatic heterocycles. The van der Waals surface area contributed by atoms with Crippen molar-refractivity contribution in [2.45, 2.75) is 65.8 Å². The maximum Gasteiger partial charge on any atom is 0.325 e. The zero-order valence-electron chi connectivity index (χ0n) is 21.2. The third kappa shape index (κ3) is 5.82. The third-order valence-corrected chi connectivity index (χ3v) is 6.39. The van der Waals surface area contributed by atoms with Crippen LogP contribution in [-0.4, -0.2) is 43.9 Å². The third-order valence-electron chi connectivity index (χ3n) is 6.39. The maximum absolute atomic E-state index is 12.5. The molecule has 2 N–H and O–H groups in total. The van der Waals surface area contributed by atoms with Crippen LogP contribution in [0.5, 0.6) is 0 Å². The Labute approximate surface area is 205 Å². The van der Waals surface area contributed by atoms with Crippen molar-refractivity contribution >= 4 is 17.0 Å². The molecule has 1 aliphatic rings. The minimum atomic E-state index is -0.877. The van der Waals surface area contributed by atoms with Crippen molar-refractivity contribution in [2.75, 3.05) is 6.61 Å². The van der Waals surface area contributed by atoms with Gasteiger partial charge >= 0.3 is 5.97 Å². The minimum Gasteiger partial charge on any atom is -0.464 e. The summed E-state index contributed by atoms with van der Waals surface area (Å²) in [4.78, 5) is 29.6. The van der Waals surface area contributed by atoms with Gasteiger partial charge in [-0.15, -0.1) is 0 Å². The first-order chi connectivity index (χ1) is 16.6. The zero-order valence-corrected chi connectivity index (χ0v) is 21.2. The Kier molecular flexibility index (Phi) is 7.42. The summed E-state index contributed by atoms with van der Waals surface area (Å²) >= 11 is 0. The second-order valence-electron chi connectivity index (χ2n) is 10.3. The molecule has 8 heteroatoms. The topological polar surface area (TPSA) is 98.4 Å². The van der Waals surface area contributed by atoms with Gasteiger partial charge in [0.1, 0.15) is 11.9 Å². The van der Waals surface area contributed by atoms with E-state index in [1.54, 1.807) is 18.5 Å². The lowest BCUT2D eigenvalue weighted by Gasteiger charge is -2.21. The van der Waals surface area contributed by atoms with Crippen molar-refractivity contribution in [3.05, 3.63) is 51.9 Å². The van der Waals surface area contributed by atoms with E-state index in [0.29, 0.717) is 24.6 Å². The molecule has 0 radical (unpaired) electrons. The van der Waals surface area contributed by atoms with Crippen LogP contribution < -0.4 is 10.9 Å². The number of esters is 1. The van der Waals surface area contributed by atoms with E-state index < -0.39 is 18.1 Å². The summed E-state index contributed by atoms with van der Waals surface area (Å²) in [5, 5.41) is 13.3. The Bertz CT molecular complexity index is 1240. The molecular formula is C27H36N4O4. The first-order valence-corrected chi connectivity index (χ1v) is 12.4. The highest BCUT2D eigenvalue weighted by Gasteiger charge is 2.27. The minimum absolute atomic E-state index is 0.00782. The van der Waals surface area contributed by atoms with E-state index in [0.717, 1.165) is 34.5 Å². The summed E-state index contributed by atoms with van der Waals surface area (Å²) in [7, 11) is 1.77. The van der Waals surface area contributed by atoms with Crippen molar-refractivity contribution in [3.8, 4) is 11.4 Å². The van der Waals surface area contributed by atoms with Crippen LogP contribution in [0.2, 0.25) is 0 Å². The lowest BCUT2D eigenvalue weighted by atomic mass is 10.1. The van der Waals surface area contributed by atoms with Crippen molar-refractivity contribution < 1.29 is 14.6 Å². The van der Waals surface area contributed by atoms with Gasteiger partial charge in [-0.05, 0) is 62.3 Å². The lowest BCUT2D eigenvalue weighted by Crippen LogP contribution is -2.45. The number of carbonyl (C=O) groups is 1. The Morgan fingerprint density at radius 1 is 1.26 bits per heavy atom. The van der Waals surface area contributed by atoms with Gasteiger partial charge in [-0.1, -0.05) is 19.9 Å². The van der Waals surface area contributed by atoms with Crippen molar-refractivity contribution in [2.24, 2.45) is 18.9 Å². The van der Waals surface area contributed by atoms with Gasteiger partial charge in [0.25, 0.3) is 5.56 Å². The maximum atomic E-state index is 12.5. The smallest absolute Gasteiger partial charge is 0.325 e. The van der Waals surface area contributed by atoms with E-state index in [1.807, 2.05) is 45.2 Å². The molecular weight excluding hydrogens is 444 g/mol. The predicted octanol–water partition coefficient (Wildman–Crippen LogP) is 3.16. The summed E-state index contributed by atoms with van der Waals surface area (Å²) in [5.41, 5.74) is 4.50. The number of fused-ring (bicyclic) bond motifs is 1. The fourth-order valence-corrected chi connectivity index (χ4v) is 4.26. The van der Waals surface area contributed by atoms with E-state index in [4.69, 9.17) is 9.72 Å². The Balaban J connectivity index is 1.63. The normalized spacial score (nSPS) is 15.5. The van der Waals surface area contributed by atoms with Crippen LogP contribution >= 0.6 is 0 Å². The van der Waals surface area contributed by atoms with Crippen LogP contribution in [0.25, 0.3) is 22.4 Å². The van der Waals surface area contributed by atoms with Gasteiger partial charge in [-0.2, -0.15) is 0 Å². The average molecular weight is 481 g/mol. The molecule has 35 heavy (non-hydrogen) atoms. The molecule has 1 aromatic carbocycles. The quantitative estimate of drug-likeness (QED) is 0.433. The number of rotatable bonds is 10. The summed E-state index contributed by atoms with van der Waals surface area (Å²) in [6.07, 6.45) is 3.39. The summed E-state index contributed by atoms with van der Waals surface area (Å²) in [6, 6.07) is 7.17. The highest BCUT2D eigenvalue weighted by Crippen LogP contribution is 2.34. The molecule has 0 unspecified atom stereocenters. The fourth-order valence-electron chi connectivity index (χ4n) is 4.26. The van der Waals surface area contributed by atoms with Crippen molar-refractivity contribution in [3.63, 3.8) is 0 Å². The first-order valence-electron chi connectivity index (χ1n) is 12.4. The average Bonchev–Trinajstić information content (AvgIpc) is 3.55. The number of nitrogens with one attached hydrogen (secondary N) is 1. The molecule has 2 atom stereocenters. The van der Waals surface area contributed by atoms with Crippen LogP contribution in [0.15, 0.2) is 35.3 Å². The van der Waals surface area contributed by atoms with E-state index in [2.05, 4.69) is 16.0 Å². The standard InChI is InChI=1S/C27H36N4O4/c1-16(2)15-35-27(34)24(18(4)32)28-12-20-8-9-22-23(11-20)31(13-19-6-7-19)25(29-22)21-10-17(3)26(33)30(5)14-21/h8-11,14,16,18-19,24,28,32H,6-7,12-13,15H2,1-5H3/t18-,24+/m1/s1. The monoisotopic (exact) mass is 480 g/mol. The summed E-state index contributed by atoms with van der Waals surface area (Å²) in [6.45, 7) is 8.97. The van der Waals surface area contributed by atoms with Gasteiger partial charge in [-0.25, -0.2) is 4.98 Å². The van der Waals surface area contributed by atoms with Crippen molar-refractivity contribution in [1.29, 1.82) is 0 Å². The number of hydrogen-bond donors (Lipinski definition) is 2. The summed E-state index contributed by atoms with van der Waals surface area (Å²) < 4.78 is 9.19. The second-order valence-corrected chi connectivity index (χ2v) is 10.3. The van der Waals surface area contributed by atoms with Crippen LogP contribution in [0.3, 0.4) is 0 Å². The van der Waals surface area contributed by atoms with Gasteiger partial charge in [0.15, 0.2) is 0 Å². The molecule has 8 nitrogen and oxygen atoms in total. The Morgan fingerprint density at radius 3 is 2.63 bits per heavy atom. The largest absolute Gasteiger partial charge is 0.464 e. The number of imidazole rings is 1. The highest BCUT2D eigenvalue weighted by atomic mass is 16.5. The number of aliphatic hydroxyl groups excluding tert-OH is 1. The van der Waals surface area contributed by atoms with Crippen LogP contribution in [0, 0.1) is 18.8 Å². The zero-order chi connectivity index (χ0) is 25.3. The predicted molar refractivity (Wildman–Crippen MR) is 136 cm³/mol. The van der Waals surface area contributed by atoms with E-state index in [-0.39, 0.29) is 11.5 Å². The van der Waals surface area contributed by atoms with E-state index in [9.17, 15) is 14.7 Å². The highest BCUT2D eigenvalue weighted by molar-refractivity contribution is 5.81. The number of hydrogen-bond acceptors (Lipinski definition) is 6. The van der Waals surface area contributed by atoms with Crippen LogP contribution in [0.1, 0.15) is 44.7 Å². The molecule has 188 valence electrons. The first kappa shape index (κ1) is 25.1.